The maximum Gasteiger partial charge on any atom is 0.322 e. The Balaban J connectivity index is 4.57. The molecule has 5 heteroatoms. The van der Waals surface area contributed by atoms with Crippen LogP contribution in [0.5, 0.6) is 0 Å². The van der Waals surface area contributed by atoms with Crippen LogP contribution in [0.25, 0.3) is 0 Å². The molecule has 21 heavy (non-hydrogen) atoms. The SMILES string of the molecule is C/C=C/CNC(=O)/C=C/[C@@H](C)[C@H](OC(=O)[C@@H](C)N)C(C)C. The number of nitrogens with one attached hydrogen (secondary N) is 1. The summed E-state index contributed by atoms with van der Waals surface area (Å²) in [6.07, 6.45) is 6.65. The average Bonchev–Trinajstić information content (AvgIpc) is 2.41. The lowest BCUT2D eigenvalue weighted by molar-refractivity contribution is -0.154. The number of ether oxygens (including phenoxy) is 1. The normalized spacial score (nSPS) is 16.1. The lowest BCUT2D eigenvalue weighted by Gasteiger charge is -2.26. The Morgan fingerprint density at radius 3 is 2.33 bits per heavy atom. The summed E-state index contributed by atoms with van der Waals surface area (Å²) < 4.78 is 5.41. The molecule has 0 radical (unpaired) electrons. The highest BCUT2D eigenvalue weighted by molar-refractivity contribution is 5.87. The molecule has 0 rings (SSSR count). The van der Waals surface area contributed by atoms with Crippen LogP contribution >= 0.6 is 0 Å². The van der Waals surface area contributed by atoms with E-state index >= 15 is 0 Å². The maximum atomic E-state index is 11.6. The minimum atomic E-state index is -0.647. The summed E-state index contributed by atoms with van der Waals surface area (Å²) in [5, 5.41) is 2.73. The second-order valence-electron chi connectivity index (χ2n) is 5.47. The topological polar surface area (TPSA) is 81.4 Å². The quantitative estimate of drug-likeness (QED) is 0.406. The Morgan fingerprint density at radius 2 is 1.86 bits per heavy atom. The molecule has 0 aliphatic heterocycles. The second kappa shape index (κ2) is 10.2. The minimum absolute atomic E-state index is 0.0693. The van der Waals surface area contributed by atoms with Crippen molar-refractivity contribution in [3.05, 3.63) is 24.3 Å². The number of allylic oxidation sites excluding steroid dienone is 1. The van der Waals surface area contributed by atoms with Crippen LogP contribution in [0.15, 0.2) is 24.3 Å². The first-order chi connectivity index (χ1) is 9.79. The molecular formula is C16H28N2O3. The van der Waals surface area contributed by atoms with Gasteiger partial charge in [0, 0.05) is 12.5 Å². The second-order valence-corrected chi connectivity index (χ2v) is 5.47. The van der Waals surface area contributed by atoms with Gasteiger partial charge in [-0.2, -0.15) is 0 Å². The third kappa shape index (κ3) is 8.30. The first-order valence-corrected chi connectivity index (χ1v) is 7.32. The molecular weight excluding hydrogens is 268 g/mol. The highest BCUT2D eigenvalue weighted by Crippen LogP contribution is 2.18. The number of hydrogen-bond acceptors (Lipinski definition) is 4. The van der Waals surface area contributed by atoms with Crippen molar-refractivity contribution in [1.29, 1.82) is 0 Å². The molecule has 0 aromatic rings. The molecule has 0 aliphatic carbocycles. The van der Waals surface area contributed by atoms with Gasteiger partial charge in [-0.05, 0) is 25.8 Å². The fourth-order valence-electron chi connectivity index (χ4n) is 1.78. The average molecular weight is 296 g/mol. The molecule has 0 saturated carbocycles. The Hall–Kier alpha value is -1.62. The molecule has 0 spiro atoms. The van der Waals surface area contributed by atoms with Crippen LogP contribution in [-0.4, -0.2) is 30.6 Å². The summed E-state index contributed by atoms with van der Waals surface area (Å²) in [6, 6.07) is -0.647. The van der Waals surface area contributed by atoms with Crippen molar-refractivity contribution >= 4 is 11.9 Å². The van der Waals surface area contributed by atoms with Crippen LogP contribution in [0.4, 0.5) is 0 Å². The number of carbonyl (C=O) groups is 2. The zero-order valence-corrected chi connectivity index (χ0v) is 13.6. The van der Waals surface area contributed by atoms with Crippen LogP contribution in [0, 0.1) is 11.8 Å². The molecule has 0 unspecified atom stereocenters. The van der Waals surface area contributed by atoms with E-state index in [1.54, 1.807) is 13.0 Å². The van der Waals surface area contributed by atoms with E-state index in [0.717, 1.165) is 0 Å². The fraction of sp³-hybridized carbons (Fsp3) is 0.625. The molecule has 1 amide bonds. The zero-order valence-electron chi connectivity index (χ0n) is 13.6. The van der Waals surface area contributed by atoms with Crippen LogP contribution in [-0.2, 0) is 14.3 Å². The fourth-order valence-corrected chi connectivity index (χ4v) is 1.78. The van der Waals surface area contributed by atoms with E-state index in [1.165, 1.54) is 6.08 Å². The number of hydrogen-bond donors (Lipinski definition) is 2. The van der Waals surface area contributed by atoms with Crippen molar-refractivity contribution < 1.29 is 14.3 Å². The molecule has 5 nitrogen and oxygen atoms in total. The van der Waals surface area contributed by atoms with Gasteiger partial charge in [-0.1, -0.05) is 39.0 Å². The summed E-state index contributed by atoms with van der Waals surface area (Å²) in [7, 11) is 0. The van der Waals surface area contributed by atoms with E-state index in [1.807, 2.05) is 39.8 Å². The van der Waals surface area contributed by atoms with Gasteiger partial charge in [0.25, 0.3) is 0 Å². The highest BCUT2D eigenvalue weighted by atomic mass is 16.5. The summed E-state index contributed by atoms with van der Waals surface area (Å²) in [4.78, 5) is 23.2. The van der Waals surface area contributed by atoms with Gasteiger partial charge < -0.3 is 15.8 Å². The third-order valence-electron chi connectivity index (χ3n) is 2.98. The van der Waals surface area contributed by atoms with Crippen LogP contribution in [0.3, 0.4) is 0 Å². The third-order valence-corrected chi connectivity index (χ3v) is 2.98. The Bertz CT molecular complexity index is 387. The predicted molar refractivity (Wildman–Crippen MR) is 84.5 cm³/mol. The maximum absolute atomic E-state index is 11.6. The summed E-state index contributed by atoms with van der Waals surface area (Å²) in [6.45, 7) is 9.83. The molecule has 3 N–H and O–H groups in total. The van der Waals surface area contributed by atoms with Gasteiger partial charge in [0.05, 0.1) is 0 Å². The molecule has 0 fully saturated rings. The van der Waals surface area contributed by atoms with Crippen LogP contribution < -0.4 is 11.1 Å². The lowest BCUT2D eigenvalue weighted by atomic mass is 9.94. The van der Waals surface area contributed by atoms with E-state index in [9.17, 15) is 9.59 Å². The smallest absolute Gasteiger partial charge is 0.322 e. The summed E-state index contributed by atoms with van der Waals surface area (Å²) in [5.74, 6) is -0.522. The number of esters is 1. The molecule has 0 aliphatic rings. The van der Waals surface area contributed by atoms with E-state index in [-0.39, 0.29) is 23.8 Å². The number of amides is 1. The minimum Gasteiger partial charge on any atom is -0.460 e. The first-order valence-electron chi connectivity index (χ1n) is 7.32. The van der Waals surface area contributed by atoms with Crippen molar-refractivity contribution in [2.75, 3.05) is 6.54 Å². The van der Waals surface area contributed by atoms with Gasteiger partial charge in [-0.15, -0.1) is 0 Å². The van der Waals surface area contributed by atoms with Gasteiger partial charge in [-0.3, -0.25) is 9.59 Å². The van der Waals surface area contributed by atoms with Crippen LogP contribution in [0.1, 0.15) is 34.6 Å². The van der Waals surface area contributed by atoms with E-state index < -0.39 is 12.0 Å². The molecule has 3 atom stereocenters. The van der Waals surface area contributed by atoms with Gasteiger partial charge >= 0.3 is 5.97 Å². The van der Waals surface area contributed by atoms with Crippen LogP contribution in [0.2, 0.25) is 0 Å². The van der Waals surface area contributed by atoms with Gasteiger partial charge in [0.2, 0.25) is 5.91 Å². The van der Waals surface area contributed by atoms with Gasteiger partial charge in [-0.25, -0.2) is 0 Å². The largest absolute Gasteiger partial charge is 0.460 e. The van der Waals surface area contributed by atoms with Crippen molar-refractivity contribution in [2.24, 2.45) is 17.6 Å². The van der Waals surface area contributed by atoms with E-state index in [4.69, 9.17) is 10.5 Å². The van der Waals surface area contributed by atoms with Crippen molar-refractivity contribution in [1.82, 2.24) is 5.32 Å². The molecule has 0 heterocycles. The van der Waals surface area contributed by atoms with E-state index in [0.29, 0.717) is 6.54 Å². The number of carbonyl (C=O) groups excluding carboxylic acids is 2. The van der Waals surface area contributed by atoms with Crippen molar-refractivity contribution in [2.45, 2.75) is 46.8 Å². The lowest BCUT2D eigenvalue weighted by Crippen LogP contribution is -2.36. The molecule has 0 saturated heterocycles. The highest BCUT2D eigenvalue weighted by Gasteiger charge is 2.24. The summed E-state index contributed by atoms with van der Waals surface area (Å²) >= 11 is 0. The molecule has 0 aromatic carbocycles. The molecule has 0 aromatic heterocycles. The predicted octanol–water partition coefficient (Wildman–Crippen LogP) is 1.79. The standard InChI is InChI=1S/C16H28N2O3/c1-6-7-10-18-14(19)9-8-12(4)15(11(2)3)21-16(20)13(5)17/h6-9,11-13,15H,10,17H2,1-5H3,(H,18,19)/b7-6+,9-8+/t12-,13-,15-/m1/s1. The first kappa shape index (κ1) is 19.4. The molecule has 0 bridgehead atoms. The monoisotopic (exact) mass is 296 g/mol. The molecule has 120 valence electrons. The Morgan fingerprint density at radius 1 is 1.24 bits per heavy atom. The van der Waals surface area contributed by atoms with Gasteiger partial charge in [0.1, 0.15) is 12.1 Å². The van der Waals surface area contributed by atoms with Crippen molar-refractivity contribution in [3.63, 3.8) is 0 Å². The Kier molecular flexibility index (Phi) is 9.37. The van der Waals surface area contributed by atoms with E-state index in [2.05, 4.69) is 5.32 Å². The summed E-state index contributed by atoms with van der Waals surface area (Å²) in [5.41, 5.74) is 5.51. The number of nitrogens with two attached hydrogens (primary N) is 1. The van der Waals surface area contributed by atoms with Gasteiger partial charge in [0.15, 0.2) is 0 Å². The number of rotatable bonds is 8. The zero-order chi connectivity index (χ0) is 16.4. The Labute approximate surface area is 127 Å². The van der Waals surface area contributed by atoms with Crippen molar-refractivity contribution in [3.8, 4) is 0 Å².